The molecule has 6 heteroatoms. The van der Waals surface area contributed by atoms with Gasteiger partial charge < -0.3 is 14.8 Å². The molecule has 1 aromatic heterocycles. The molecule has 0 saturated heterocycles. The lowest BCUT2D eigenvalue weighted by Crippen LogP contribution is -2.20. The van der Waals surface area contributed by atoms with E-state index in [0.29, 0.717) is 17.5 Å². The molecular formula is C14H14N2O3S. The summed E-state index contributed by atoms with van der Waals surface area (Å²) in [4.78, 5) is 15.7. The van der Waals surface area contributed by atoms with Crippen LogP contribution in [-0.2, 0) is 0 Å². The predicted molar refractivity (Wildman–Crippen MR) is 82.6 cm³/mol. The molecule has 5 nitrogen and oxygen atoms in total. The Balaban J connectivity index is 2.37. The van der Waals surface area contributed by atoms with E-state index in [4.69, 9.17) is 16.6 Å². The van der Waals surface area contributed by atoms with Crippen molar-refractivity contribution in [3.05, 3.63) is 40.2 Å². The number of hydrogen-bond donors (Lipinski definition) is 2. The Morgan fingerprint density at radius 1 is 1.50 bits per heavy atom. The SMILES string of the molecule is CCCNC(=S)N=Cc1c(O)c2ccccc2oc1=O. The zero-order chi connectivity index (χ0) is 14.5. The summed E-state index contributed by atoms with van der Waals surface area (Å²) >= 11 is 4.98. The second-order valence-corrected chi connectivity index (χ2v) is 4.52. The van der Waals surface area contributed by atoms with Crippen LogP contribution in [0.15, 0.2) is 38.5 Å². The molecule has 0 unspecified atom stereocenters. The van der Waals surface area contributed by atoms with Gasteiger partial charge in [-0.3, -0.25) is 0 Å². The van der Waals surface area contributed by atoms with E-state index >= 15 is 0 Å². The zero-order valence-electron chi connectivity index (χ0n) is 10.9. The molecule has 0 amide bonds. The van der Waals surface area contributed by atoms with E-state index in [9.17, 15) is 9.90 Å². The van der Waals surface area contributed by atoms with Crippen LogP contribution < -0.4 is 10.9 Å². The number of thiocarbonyl (C=S) groups is 1. The van der Waals surface area contributed by atoms with Crippen LogP contribution in [0.2, 0.25) is 0 Å². The summed E-state index contributed by atoms with van der Waals surface area (Å²) in [6.45, 7) is 2.71. The van der Waals surface area contributed by atoms with E-state index in [1.807, 2.05) is 6.92 Å². The molecule has 20 heavy (non-hydrogen) atoms. The fraction of sp³-hybridized carbons (Fsp3) is 0.214. The number of nitrogens with zero attached hydrogens (tertiary/aromatic N) is 1. The Bertz CT molecular complexity index is 722. The molecule has 2 N–H and O–H groups in total. The van der Waals surface area contributed by atoms with E-state index in [0.717, 1.165) is 6.42 Å². The molecule has 104 valence electrons. The first-order chi connectivity index (χ1) is 9.63. The van der Waals surface area contributed by atoms with Crippen LogP contribution in [0.25, 0.3) is 11.0 Å². The maximum Gasteiger partial charge on any atom is 0.348 e. The van der Waals surface area contributed by atoms with Crippen molar-refractivity contribution in [2.24, 2.45) is 4.99 Å². The number of benzene rings is 1. The third-order valence-electron chi connectivity index (χ3n) is 2.66. The van der Waals surface area contributed by atoms with Crippen LogP contribution in [-0.4, -0.2) is 23.0 Å². The van der Waals surface area contributed by atoms with E-state index in [1.54, 1.807) is 24.3 Å². The van der Waals surface area contributed by atoms with Gasteiger partial charge in [0.15, 0.2) is 5.11 Å². The lowest BCUT2D eigenvalue weighted by molar-refractivity contribution is 0.466. The number of para-hydroxylation sites is 1. The normalized spacial score (nSPS) is 11.1. The average molecular weight is 290 g/mol. The highest BCUT2D eigenvalue weighted by molar-refractivity contribution is 7.80. The quantitative estimate of drug-likeness (QED) is 0.515. The fourth-order valence-corrected chi connectivity index (χ4v) is 1.82. The minimum Gasteiger partial charge on any atom is -0.506 e. The number of aromatic hydroxyl groups is 1. The van der Waals surface area contributed by atoms with Crippen molar-refractivity contribution in [2.45, 2.75) is 13.3 Å². The highest BCUT2D eigenvalue weighted by Crippen LogP contribution is 2.24. The Hall–Kier alpha value is -2.21. The summed E-state index contributed by atoms with van der Waals surface area (Å²) in [7, 11) is 0. The molecule has 0 spiro atoms. The van der Waals surface area contributed by atoms with Crippen molar-refractivity contribution < 1.29 is 9.52 Å². The van der Waals surface area contributed by atoms with E-state index in [1.165, 1.54) is 6.21 Å². The summed E-state index contributed by atoms with van der Waals surface area (Å²) < 4.78 is 5.12. The summed E-state index contributed by atoms with van der Waals surface area (Å²) in [5, 5.41) is 13.7. The van der Waals surface area contributed by atoms with Crippen molar-refractivity contribution >= 4 is 34.5 Å². The van der Waals surface area contributed by atoms with Gasteiger partial charge in [-0.1, -0.05) is 19.1 Å². The first-order valence-corrected chi connectivity index (χ1v) is 6.61. The fourth-order valence-electron chi connectivity index (χ4n) is 1.66. The van der Waals surface area contributed by atoms with Crippen LogP contribution in [0.4, 0.5) is 0 Å². The Morgan fingerprint density at radius 3 is 3.00 bits per heavy atom. The predicted octanol–water partition coefficient (Wildman–Crippen LogP) is 2.20. The van der Waals surface area contributed by atoms with Gasteiger partial charge in [0.25, 0.3) is 0 Å². The van der Waals surface area contributed by atoms with Crippen molar-refractivity contribution in [1.29, 1.82) is 0 Å². The Kier molecular flexibility index (Phi) is 4.47. The standard InChI is InChI=1S/C14H14N2O3S/c1-2-7-15-14(20)16-8-10-12(17)9-5-3-4-6-11(9)19-13(10)18/h3-6,8,17H,2,7H2,1H3,(H,15,20). The van der Waals surface area contributed by atoms with Gasteiger partial charge >= 0.3 is 5.63 Å². The molecule has 1 heterocycles. The number of fused-ring (bicyclic) bond motifs is 1. The first kappa shape index (κ1) is 14.2. The third-order valence-corrected chi connectivity index (χ3v) is 2.91. The summed E-state index contributed by atoms with van der Waals surface area (Å²) in [5.41, 5.74) is -0.327. The topological polar surface area (TPSA) is 74.8 Å². The van der Waals surface area contributed by atoms with Gasteiger partial charge in [0.2, 0.25) is 0 Å². The van der Waals surface area contributed by atoms with E-state index in [-0.39, 0.29) is 16.4 Å². The molecule has 0 bridgehead atoms. The summed E-state index contributed by atoms with van der Waals surface area (Å²) in [6.07, 6.45) is 2.14. The zero-order valence-corrected chi connectivity index (χ0v) is 11.7. The van der Waals surface area contributed by atoms with Gasteiger partial charge in [0.1, 0.15) is 16.9 Å². The average Bonchev–Trinajstić information content (AvgIpc) is 2.45. The molecule has 2 aromatic rings. The van der Waals surface area contributed by atoms with Gasteiger partial charge in [-0.15, -0.1) is 0 Å². The molecule has 0 radical (unpaired) electrons. The second-order valence-electron chi connectivity index (χ2n) is 4.14. The van der Waals surface area contributed by atoms with E-state index < -0.39 is 5.63 Å². The highest BCUT2D eigenvalue weighted by Gasteiger charge is 2.11. The number of nitrogens with one attached hydrogen (secondary N) is 1. The van der Waals surface area contributed by atoms with Crippen LogP contribution in [0, 0.1) is 0 Å². The molecule has 0 fully saturated rings. The highest BCUT2D eigenvalue weighted by atomic mass is 32.1. The van der Waals surface area contributed by atoms with E-state index in [2.05, 4.69) is 10.3 Å². The van der Waals surface area contributed by atoms with Crippen LogP contribution in [0.1, 0.15) is 18.9 Å². The smallest absolute Gasteiger partial charge is 0.348 e. The van der Waals surface area contributed by atoms with Crippen LogP contribution >= 0.6 is 12.2 Å². The molecule has 0 aliphatic rings. The Morgan fingerprint density at radius 2 is 2.25 bits per heavy atom. The van der Waals surface area contributed by atoms with Gasteiger partial charge in [0, 0.05) is 12.8 Å². The van der Waals surface area contributed by atoms with Crippen molar-refractivity contribution in [3.63, 3.8) is 0 Å². The minimum absolute atomic E-state index is 0.00986. The lowest BCUT2D eigenvalue weighted by atomic mass is 10.1. The third kappa shape index (κ3) is 3.03. The monoisotopic (exact) mass is 290 g/mol. The van der Waals surface area contributed by atoms with Gasteiger partial charge in [-0.2, -0.15) is 0 Å². The lowest BCUT2D eigenvalue weighted by Gasteiger charge is -2.03. The molecule has 0 aliphatic carbocycles. The number of hydrogen-bond acceptors (Lipinski definition) is 4. The molecular weight excluding hydrogens is 276 g/mol. The number of aliphatic imine (C=N–C) groups is 1. The maximum atomic E-state index is 11.8. The van der Waals surface area contributed by atoms with Crippen molar-refractivity contribution in [1.82, 2.24) is 5.32 Å². The summed E-state index contributed by atoms with van der Waals surface area (Å²) in [6, 6.07) is 6.75. The second kappa shape index (κ2) is 6.29. The molecule has 0 saturated carbocycles. The van der Waals surface area contributed by atoms with Crippen molar-refractivity contribution in [2.75, 3.05) is 6.54 Å². The summed E-state index contributed by atoms with van der Waals surface area (Å²) in [5.74, 6) is -0.154. The molecule has 2 rings (SSSR count). The van der Waals surface area contributed by atoms with Crippen LogP contribution in [0.5, 0.6) is 5.75 Å². The van der Waals surface area contributed by atoms with Gasteiger partial charge in [-0.25, -0.2) is 9.79 Å². The van der Waals surface area contributed by atoms with Crippen molar-refractivity contribution in [3.8, 4) is 5.75 Å². The Labute approximate surface area is 121 Å². The van der Waals surface area contributed by atoms with Crippen LogP contribution in [0.3, 0.4) is 0 Å². The first-order valence-electron chi connectivity index (χ1n) is 6.20. The molecule has 0 aliphatic heterocycles. The van der Waals surface area contributed by atoms with Gasteiger partial charge in [-0.05, 0) is 30.8 Å². The molecule has 1 aromatic carbocycles. The largest absolute Gasteiger partial charge is 0.506 e. The molecule has 0 atom stereocenters. The minimum atomic E-state index is -0.650. The maximum absolute atomic E-state index is 11.8. The number of rotatable bonds is 3. The van der Waals surface area contributed by atoms with Gasteiger partial charge in [0.05, 0.1) is 5.39 Å².